The van der Waals surface area contributed by atoms with Gasteiger partial charge in [0.2, 0.25) is 0 Å². The van der Waals surface area contributed by atoms with E-state index in [0.717, 1.165) is 57.0 Å². The van der Waals surface area contributed by atoms with E-state index in [2.05, 4.69) is 30.7 Å². The molecule has 0 aliphatic heterocycles. The van der Waals surface area contributed by atoms with Gasteiger partial charge in [-0.1, -0.05) is 62.4 Å². The Morgan fingerprint density at radius 2 is 0.941 bits per heavy atom. The Balaban J connectivity index is 1.97. The summed E-state index contributed by atoms with van der Waals surface area (Å²) in [4.78, 5) is 0. The topological polar surface area (TPSA) is 55.8 Å². The van der Waals surface area contributed by atoms with Crippen LogP contribution in [0.5, 0.6) is 0 Å². The van der Waals surface area contributed by atoms with Crippen molar-refractivity contribution < 1.29 is 17.2 Å². The van der Waals surface area contributed by atoms with E-state index in [9.17, 15) is 0 Å². The lowest BCUT2D eigenvalue weighted by atomic mass is 10.1. The molecule has 6 heteroatoms. The van der Waals surface area contributed by atoms with Crippen LogP contribution in [0.15, 0.2) is 102 Å². The molecule has 2 heterocycles. The Morgan fingerprint density at radius 1 is 0.529 bits per heavy atom. The van der Waals surface area contributed by atoms with Crippen molar-refractivity contribution >= 4 is 63.2 Å². The van der Waals surface area contributed by atoms with E-state index < -0.39 is 8.16 Å². The molecule has 0 aliphatic carbocycles. The summed E-state index contributed by atoms with van der Waals surface area (Å²) in [6.07, 6.45) is 0. The van der Waals surface area contributed by atoms with E-state index in [1.165, 1.54) is 0 Å². The van der Waals surface area contributed by atoms with Crippen LogP contribution in [0.3, 0.4) is 0 Å². The molecule has 0 amide bonds. The van der Waals surface area contributed by atoms with Crippen LogP contribution in [0.4, 0.5) is 0 Å². The highest BCUT2D eigenvalue weighted by Crippen LogP contribution is 2.40. The van der Waals surface area contributed by atoms with Crippen molar-refractivity contribution in [2.24, 2.45) is 0 Å². The number of benzene rings is 4. The predicted octanol–water partition coefficient (Wildman–Crippen LogP) is 9.04. The van der Waals surface area contributed by atoms with Crippen LogP contribution in [0.25, 0.3) is 55.0 Å². The molecule has 2 aromatic heterocycles. The minimum absolute atomic E-state index is 0.696. The van der Waals surface area contributed by atoms with Crippen molar-refractivity contribution in [1.82, 2.24) is 0 Å². The van der Waals surface area contributed by atoms with E-state index in [4.69, 9.17) is 17.2 Å². The summed E-state index contributed by atoms with van der Waals surface area (Å²) in [5.74, 6) is 0. The van der Waals surface area contributed by atoms with E-state index in [-0.39, 0.29) is 0 Å². The van der Waals surface area contributed by atoms with Gasteiger partial charge in [0.1, 0.15) is 33.5 Å². The van der Waals surface area contributed by atoms with Crippen molar-refractivity contribution in [3.05, 3.63) is 84.9 Å². The summed E-state index contributed by atoms with van der Waals surface area (Å²) in [7, 11) is -1.35. The lowest BCUT2D eigenvalue weighted by Crippen LogP contribution is -2.17. The van der Waals surface area contributed by atoms with Crippen LogP contribution in [0, 0.1) is 0 Å². The van der Waals surface area contributed by atoms with Crippen molar-refractivity contribution in [3.8, 4) is 0 Å². The van der Waals surface area contributed by atoms with Crippen LogP contribution >= 0.6 is 8.16 Å². The highest BCUT2D eigenvalue weighted by atomic mass is 31.1. The highest BCUT2D eigenvalue weighted by molar-refractivity contribution is 7.38. The first-order valence-electron chi connectivity index (χ1n) is 11.5. The summed E-state index contributed by atoms with van der Waals surface area (Å²) in [5.41, 5.74) is 4.34. The van der Waals surface area contributed by atoms with Gasteiger partial charge < -0.3 is 17.2 Å². The number of hydrogen-bond acceptors (Lipinski definition) is 5. The Kier molecular flexibility index (Phi) is 5.29. The maximum Gasteiger partial charge on any atom is 0.309 e. The second kappa shape index (κ2) is 8.60. The fourth-order valence-corrected chi connectivity index (χ4v) is 5.76. The highest BCUT2D eigenvalue weighted by Gasteiger charge is 2.16. The zero-order valence-electron chi connectivity index (χ0n) is 19.0. The molecule has 0 atom stereocenters. The molecule has 0 spiro atoms. The Labute approximate surface area is 197 Å². The molecule has 0 N–H and O–H groups in total. The van der Waals surface area contributed by atoms with Crippen LogP contribution < -0.4 is 4.67 Å². The molecule has 0 unspecified atom stereocenters. The van der Waals surface area contributed by atoms with E-state index in [0.29, 0.717) is 11.2 Å². The normalized spacial score (nSPS) is 11.7. The third-order valence-electron chi connectivity index (χ3n) is 6.04. The molecule has 4 aromatic carbocycles. The maximum atomic E-state index is 6.61. The number of para-hydroxylation sites is 2. The lowest BCUT2D eigenvalue weighted by molar-refractivity contribution is 0.623. The number of fused-ring (bicyclic) bond motifs is 3. The SMILES string of the molecule is CCN(CC)p1oc2cccc3oc4ccccc4c4ccccc4oc4cccc(o1)c4c32. The summed E-state index contributed by atoms with van der Waals surface area (Å²) >= 11 is 0. The van der Waals surface area contributed by atoms with Gasteiger partial charge in [0.05, 0.1) is 10.8 Å². The van der Waals surface area contributed by atoms with Gasteiger partial charge in [-0.2, -0.15) is 0 Å². The first kappa shape index (κ1) is 20.9. The molecule has 34 heavy (non-hydrogen) atoms. The average Bonchev–Trinajstić information content (AvgIpc) is 3.03. The van der Waals surface area contributed by atoms with E-state index in [1.54, 1.807) is 0 Å². The van der Waals surface area contributed by atoms with E-state index in [1.807, 2.05) is 72.8 Å². The van der Waals surface area contributed by atoms with Gasteiger partial charge >= 0.3 is 8.16 Å². The zero-order valence-corrected chi connectivity index (χ0v) is 19.9. The first-order chi connectivity index (χ1) is 16.8. The third-order valence-corrected chi connectivity index (χ3v) is 7.78. The monoisotopic (exact) mass is 469 g/mol. The second-order valence-corrected chi connectivity index (χ2v) is 9.42. The van der Waals surface area contributed by atoms with Gasteiger partial charge in [0.25, 0.3) is 0 Å². The van der Waals surface area contributed by atoms with Gasteiger partial charge in [-0.25, -0.2) is 4.67 Å². The number of rotatable bonds is 3. The summed E-state index contributed by atoms with van der Waals surface area (Å²) < 4.78 is 28.4. The summed E-state index contributed by atoms with van der Waals surface area (Å²) in [5, 5.41) is 3.59. The molecule has 5 nitrogen and oxygen atoms in total. The van der Waals surface area contributed by atoms with Crippen LogP contribution in [0.2, 0.25) is 0 Å². The molecule has 6 rings (SSSR count). The van der Waals surface area contributed by atoms with Gasteiger partial charge in [-0.3, -0.25) is 0 Å². The molecule has 0 saturated carbocycles. The lowest BCUT2D eigenvalue weighted by Gasteiger charge is -2.12. The summed E-state index contributed by atoms with van der Waals surface area (Å²) in [6.45, 7) is 5.86. The Morgan fingerprint density at radius 3 is 1.41 bits per heavy atom. The van der Waals surface area contributed by atoms with Crippen LogP contribution in [-0.4, -0.2) is 13.1 Å². The fourth-order valence-electron chi connectivity index (χ4n) is 4.39. The Bertz CT molecular complexity index is 1630. The smallest absolute Gasteiger partial charge is 0.309 e. The molecule has 0 radical (unpaired) electrons. The second-order valence-electron chi connectivity index (χ2n) is 8.01. The van der Waals surface area contributed by atoms with Crippen molar-refractivity contribution in [3.63, 3.8) is 0 Å². The Hall–Kier alpha value is -3.66. The predicted molar refractivity (Wildman–Crippen MR) is 140 cm³/mol. The standard InChI is InChI=1S/C28H24NO4P/c1-3-29(4-2)34-32-25-17-9-15-23-27(25)28-24(16-10-18-26(28)33-34)31-22-14-8-6-12-20(22)19-11-5-7-13-21(19)30-23/h5-18H,3-4H2,1-2H3. The molecule has 0 fully saturated rings. The summed E-state index contributed by atoms with van der Waals surface area (Å²) in [6, 6.07) is 27.9. The first-order valence-corrected chi connectivity index (χ1v) is 12.6. The quantitative estimate of drug-likeness (QED) is 0.259. The molecule has 0 saturated heterocycles. The van der Waals surface area contributed by atoms with Crippen molar-refractivity contribution in [2.75, 3.05) is 17.8 Å². The van der Waals surface area contributed by atoms with Crippen molar-refractivity contribution in [1.29, 1.82) is 0 Å². The minimum Gasteiger partial charge on any atom is -0.456 e. The molecular formula is C28H24NO4P. The molecule has 0 aliphatic rings. The van der Waals surface area contributed by atoms with Crippen LogP contribution in [0.1, 0.15) is 13.8 Å². The van der Waals surface area contributed by atoms with Gasteiger partial charge in [-0.15, -0.1) is 0 Å². The molecule has 0 bridgehead atoms. The number of hydrogen-bond donors (Lipinski definition) is 0. The molecular weight excluding hydrogens is 445 g/mol. The van der Waals surface area contributed by atoms with E-state index >= 15 is 0 Å². The molecule has 170 valence electrons. The molecule has 6 aromatic rings. The zero-order chi connectivity index (χ0) is 23.1. The fraction of sp³-hybridized carbons (Fsp3) is 0.143. The van der Waals surface area contributed by atoms with Gasteiger partial charge in [-0.05, 0) is 36.4 Å². The van der Waals surface area contributed by atoms with Gasteiger partial charge in [0, 0.05) is 23.9 Å². The van der Waals surface area contributed by atoms with Crippen LogP contribution in [-0.2, 0) is 0 Å². The van der Waals surface area contributed by atoms with Gasteiger partial charge in [0.15, 0.2) is 0 Å². The maximum absolute atomic E-state index is 6.61. The van der Waals surface area contributed by atoms with Crippen molar-refractivity contribution in [2.45, 2.75) is 13.8 Å². The largest absolute Gasteiger partial charge is 0.456 e. The minimum atomic E-state index is -1.35. The third kappa shape index (κ3) is 3.45. The number of nitrogens with zero attached hydrogens (tertiary/aromatic N) is 1. The average molecular weight is 469 g/mol.